The highest BCUT2D eigenvalue weighted by molar-refractivity contribution is 7.32. The molecule has 1 heterocycles. The van der Waals surface area contributed by atoms with Crippen LogP contribution < -0.4 is 10.1 Å². The monoisotopic (exact) mass is 270 g/mol. The molecule has 0 radical (unpaired) electrons. The Bertz CT molecular complexity index is 529. The molecule has 1 aliphatic rings. The highest BCUT2D eigenvalue weighted by Gasteiger charge is 2.30. The minimum Gasteiger partial charge on any atom is -0.490 e. The third-order valence-corrected chi connectivity index (χ3v) is 2.67. The van der Waals surface area contributed by atoms with Gasteiger partial charge in [-0.15, -0.1) is 9.42 Å². The van der Waals surface area contributed by atoms with Crippen LogP contribution >= 0.6 is 8.25 Å². The minimum atomic E-state index is -2.67. The standard InChI is InChI=1S/C10H8NO6P/c12-9-6-2-1-3-7(8(6)10(13)11-9)16-4-5-17-18(14)15/h1-3H,4-5H2,(H-,11,12,13,14,15)/p+1. The van der Waals surface area contributed by atoms with Crippen molar-refractivity contribution in [2.24, 2.45) is 0 Å². The largest absolute Gasteiger partial charge is 0.694 e. The second kappa shape index (κ2) is 5.22. The Morgan fingerprint density at radius 2 is 2.00 bits per heavy atom. The summed E-state index contributed by atoms with van der Waals surface area (Å²) in [6, 6.07) is 4.64. The summed E-state index contributed by atoms with van der Waals surface area (Å²) in [5.41, 5.74) is 0.433. The Balaban J connectivity index is 2.08. The molecule has 8 heteroatoms. The Hall–Kier alpha value is -1.82. The molecule has 0 aliphatic carbocycles. The van der Waals surface area contributed by atoms with Crippen LogP contribution in [0.3, 0.4) is 0 Å². The lowest BCUT2D eigenvalue weighted by molar-refractivity contribution is 0.0878. The maximum absolute atomic E-state index is 11.5. The summed E-state index contributed by atoms with van der Waals surface area (Å²) in [6.45, 7) is -0.0928. The van der Waals surface area contributed by atoms with E-state index < -0.39 is 20.1 Å². The maximum Gasteiger partial charge on any atom is 0.694 e. The van der Waals surface area contributed by atoms with Crippen molar-refractivity contribution in [3.8, 4) is 5.75 Å². The van der Waals surface area contributed by atoms with Gasteiger partial charge in [0.05, 0.1) is 11.1 Å². The fourth-order valence-corrected chi connectivity index (χ4v) is 1.81. The fourth-order valence-electron chi connectivity index (χ4n) is 1.57. The van der Waals surface area contributed by atoms with Gasteiger partial charge in [-0.2, -0.15) is 0 Å². The zero-order valence-corrected chi connectivity index (χ0v) is 9.98. The van der Waals surface area contributed by atoms with Crippen LogP contribution in [0.5, 0.6) is 5.75 Å². The fraction of sp³-hybridized carbons (Fsp3) is 0.200. The highest BCUT2D eigenvalue weighted by Crippen LogP contribution is 2.26. The van der Waals surface area contributed by atoms with E-state index in [0.29, 0.717) is 0 Å². The van der Waals surface area contributed by atoms with E-state index in [2.05, 4.69) is 9.84 Å². The molecule has 0 aromatic heterocycles. The molecule has 0 saturated carbocycles. The van der Waals surface area contributed by atoms with Crippen LogP contribution in [0, 0.1) is 0 Å². The van der Waals surface area contributed by atoms with Crippen molar-refractivity contribution >= 4 is 20.1 Å². The van der Waals surface area contributed by atoms with Gasteiger partial charge in [0, 0.05) is 4.57 Å². The van der Waals surface area contributed by atoms with Crippen LogP contribution in [0.1, 0.15) is 20.7 Å². The number of hydrogen-bond acceptors (Lipinski definition) is 5. The highest BCUT2D eigenvalue weighted by atomic mass is 31.1. The van der Waals surface area contributed by atoms with Gasteiger partial charge < -0.3 is 4.74 Å². The summed E-state index contributed by atoms with van der Waals surface area (Å²) in [7, 11) is -2.67. The van der Waals surface area contributed by atoms with Gasteiger partial charge >= 0.3 is 8.25 Å². The van der Waals surface area contributed by atoms with Gasteiger partial charge in [0.15, 0.2) is 0 Å². The van der Waals surface area contributed by atoms with Crippen molar-refractivity contribution in [3.05, 3.63) is 29.3 Å². The number of benzene rings is 1. The van der Waals surface area contributed by atoms with Gasteiger partial charge in [0.2, 0.25) is 0 Å². The number of carbonyl (C=O) groups excluding carboxylic acids is 2. The number of rotatable bonds is 5. The summed E-state index contributed by atoms with van der Waals surface area (Å²) in [4.78, 5) is 31.3. The SMILES string of the molecule is O=C1NC(=O)c2c(OCCO[P+](=O)O)cccc21. The molecule has 2 N–H and O–H groups in total. The normalized spacial score (nSPS) is 14.2. The third-order valence-electron chi connectivity index (χ3n) is 2.27. The topological polar surface area (TPSA) is 102 Å². The van der Waals surface area contributed by atoms with Crippen molar-refractivity contribution in [2.45, 2.75) is 0 Å². The zero-order chi connectivity index (χ0) is 13.1. The van der Waals surface area contributed by atoms with E-state index in [1.807, 2.05) is 0 Å². The van der Waals surface area contributed by atoms with E-state index in [1.54, 1.807) is 6.07 Å². The molecule has 1 aliphatic heterocycles. The first-order valence-corrected chi connectivity index (χ1v) is 6.13. The summed E-state index contributed by atoms with van der Waals surface area (Å²) in [6.07, 6.45) is 0. The summed E-state index contributed by atoms with van der Waals surface area (Å²) in [5.74, 6) is -0.734. The molecule has 94 valence electrons. The molecule has 7 nitrogen and oxygen atoms in total. The number of nitrogens with one attached hydrogen (secondary N) is 1. The first-order valence-electron chi connectivity index (χ1n) is 5.00. The molecule has 1 atom stereocenters. The van der Waals surface area contributed by atoms with E-state index >= 15 is 0 Å². The van der Waals surface area contributed by atoms with E-state index in [4.69, 9.17) is 9.63 Å². The van der Waals surface area contributed by atoms with Crippen LogP contribution in [-0.2, 0) is 9.09 Å². The zero-order valence-electron chi connectivity index (χ0n) is 9.08. The summed E-state index contributed by atoms with van der Waals surface area (Å²) in [5, 5.41) is 2.16. The number of fused-ring (bicyclic) bond motifs is 1. The molecule has 1 unspecified atom stereocenters. The van der Waals surface area contributed by atoms with Gasteiger partial charge in [-0.1, -0.05) is 6.07 Å². The molecular weight excluding hydrogens is 261 g/mol. The number of imide groups is 1. The molecule has 18 heavy (non-hydrogen) atoms. The number of amides is 2. The van der Waals surface area contributed by atoms with Crippen molar-refractivity contribution < 1.29 is 28.3 Å². The van der Waals surface area contributed by atoms with Gasteiger partial charge in [0.1, 0.15) is 19.0 Å². The van der Waals surface area contributed by atoms with Gasteiger partial charge in [-0.3, -0.25) is 14.9 Å². The second-order valence-corrected chi connectivity index (χ2v) is 4.12. The lowest BCUT2D eigenvalue weighted by Crippen LogP contribution is -2.20. The van der Waals surface area contributed by atoms with Crippen LogP contribution in [0.15, 0.2) is 18.2 Å². The lowest BCUT2D eigenvalue weighted by Gasteiger charge is -2.06. The first kappa shape index (κ1) is 12.6. The minimum absolute atomic E-state index is 0.000439. The first-order chi connectivity index (χ1) is 8.59. The van der Waals surface area contributed by atoms with Gasteiger partial charge in [-0.25, -0.2) is 0 Å². The predicted molar refractivity (Wildman–Crippen MR) is 59.5 cm³/mol. The van der Waals surface area contributed by atoms with E-state index in [9.17, 15) is 14.2 Å². The Morgan fingerprint density at radius 3 is 2.72 bits per heavy atom. The molecule has 2 amide bonds. The van der Waals surface area contributed by atoms with Crippen molar-refractivity contribution in [3.63, 3.8) is 0 Å². The molecule has 0 saturated heterocycles. The van der Waals surface area contributed by atoms with Crippen molar-refractivity contribution in [2.75, 3.05) is 13.2 Å². The Morgan fingerprint density at radius 1 is 1.22 bits per heavy atom. The van der Waals surface area contributed by atoms with Crippen LogP contribution in [-0.4, -0.2) is 29.9 Å². The van der Waals surface area contributed by atoms with Gasteiger partial charge in [0.25, 0.3) is 11.8 Å². The molecule has 0 fully saturated rings. The number of carbonyl (C=O) groups is 2. The molecule has 0 bridgehead atoms. The van der Waals surface area contributed by atoms with Crippen LogP contribution in [0.4, 0.5) is 0 Å². The van der Waals surface area contributed by atoms with E-state index in [1.165, 1.54) is 12.1 Å². The molecular formula is C10H9NO6P+. The van der Waals surface area contributed by atoms with Crippen LogP contribution in [0.2, 0.25) is 0 Å². The Labute approximate surface area is 103 Å². The van der Waals surface area contributed by atoms with Crippen LogP contribution in [0.25, 0.3) is 0 Å². The Kier molecular flexibility index (Phi) is 3.66. The van der Waals surface area contributed by atoms with Crippen molar-refractivity contribution in [1.82, 2.24) is 5.32 Å². The molecule has 1 aromatic carbocycles. The number of ether oxygens (including phenoxy) is 1. The number of hydrogen-bond donors (Lipinski definition) is 2. The summed E-state index contributed by atoms with van der Waals surface area (Å²) >= 11 is 0. The molecule has 1 aromatic rings. The van der Waals surface area contributed by atoms with Crippen molar-refractivity contribution in [1.29, 1.82) is 0 Å². The summed E-state index contributed by atoms with van der Waals surface area (Å²) < 4.78 is 19.9. The van der Waals surface area contributed by atoms with Gasteiger partial charge in [-0.05, 0) is 12.1 Å². The average Bonchev–Trinajstić information content (AvgIpc) is 2.61. The predicted octanol–water partition coefficient (Wildman–Crippen LogP) is 0.615. The van der Waals surface area contributed by atoms with E-state index in [0.717, 1.165) is 0 Å². The van der Waals surface area contributed by atoms with E-state index in [-0.39, 0.29) is 30.1 Å². The molecule has 0 spiro atoms. The average molecular weight is 270 g/mol. The maximum atomic E-state index is 11.5. The second-order valence-electron chi connectivity index (χ2n) is 3.38. The quantitative estimate of drug-likeness (QED) is 0.462. The molecule has 2 rings (SSSR count). The smallest absolute Gasteiger partial charge is 0.490 e. The lowest BCUT2D eigenvalue weighted by atomic mass is 10.1. The third kappa shape index (κ3) is 2.53.